The van der Waals surface area contributed by atoms with E-state index in [-0.39, 0.29) is 17.0 Å². The zero-order valence-corrected chi connectivity index (χ0v) is 36.5. The van der Waals surface area contributed by atoms with E-state index < -0.39 is 0 Å². The van der Waals surface area contributed by atoms with Crippen molar-refractivity contribution in [3.8, 4) is 22.5 Å². The largest absolute Gasteiger partial charge is 0.379 e. The Kier molecular flexibility index (Phi) is 15.3. The summed E-state index contributed by atoms with van der Waals surface area (Å²) < 4.78 is 10.4. The van der Waals surface area contributed by atoms with Crippen LogP contribution in [0.4, 0.5) is 16.1 Å². The molecule has 0 bridgehead atoms. The van der Waals surface area contributed by atoms with Crippen molar-refractivity contribution < 1.29 is 19.1 Å². The average molecular weight is 854 g/mol. The predicted octanol–water partition coefficient (Wildman–Crippen LogP) is 8.86. The number of carbonyl (C=O) groups excluding carboxylic acids is 2. The van der Waals surface area contributed by atoms with Gasteiger partial charge in [0.05, 0.1) is 37.8 Å². The topological polar surface area (TPSA) is 143 Å². The zero-order valence-electron chi connectivity index (χ0n) is 34.1. The average Bonchev–Trinajstić information content (AvgIpc) is 3.88. The highest BCUT2D eigenvalue weighted by Gasteiger charge is 2.17. The first-order chi connectivity index (χ1) is 28.4. The van der Waals surface area contributed by atoms with Crippen LogP contribution in [0.3, 0.4) is 0 Å². The first-order valence-corrected chi connectivity index (χ1v) is 21.5. The number of aromatic nitrogens is 4. The number of aryl methyl sites for hydroxylation is 6. The summed E-state index contributed by atoms with van der Waals surface area (Å²) in [5.74, 6) is 0.365. The highest BCUT2D eigenvalue weighted by molar-refractivity contribution is 7.14. The first-order valence-electron chi connectivity index (χ1n) is 19.3. The molecule has 2 fully saturated rings. The number of nitrogens with one attached hydrogen (secondary N) is 3. The van der Waals surface area contributed by atoms with Crippen molar-refractivity contribution in [1.82, 2.24) is 25.3 Å². The lowest BCUT2D eigenvalue weighted by Gasteiger charge is -2.27. The summed E-state index contributed by atoms with van der Waals surface area (Å²) in [7, 11) is 0. The highest BCUT2D eigenvalue weighted by Crippen LogP contribution is 2.33. The van der Waals surface area contributed by atoms with Crippen LogP contribution in [0.25, 0.3) is 22.5 Å². The molecule has 2 amide bonds. The molecule has 6 heterocycles. The number of thiazole rings is 2. The number of carbonyl (C=O) groups is 2. The number of morpholine rings is 2. The molecule has 2 aliphatic heterocycles. The van der Waals surface area contributed by atoms with Crippen LogP contribution in [0.15, 0.2) is 71.7 Å². The van der Waals surface area contributed by atoms with Gasteiger partial charge in [0.1, 0.15) is 11.0 Å². The van der Waals surface area contributed by atoms with Crippen LogP contribution in [0, 0.1) is 41.5 Å². The van der Waals surface area contributed by atoms with Crippen molar-refractivity contribution in [2.45, 2.75) is 41.5 Å². The Morgan fingerprint density at radius 1 is 0.661 bits per heavy atom. The van der Waals surface area contributed by atoms with Crippen LogP contribution in [0.2, 0.25) is 5.15 Å². The van der Waals surface area contributed by atoms with Crippen molar-refractivity contribution in [3.05, 3.63) is 121 Å². The van der Waals surface area contributed by atoms with E-state index in [0.29, 0.717) is 34.6 Å². The third-order valence-electron chi connectivity index (χ3n) is 9.49. The van der Waals surface area contributed by atoms with Gasteiger partial charge in [-0.2, -0.15) is 0 Å². The molecule has 2 aliphatic rings. The fourth-order valence-electron chi connectivity index (χ4n) is 6.98. The molecule has 12 nitrogen and oxygen atoms in total. The molecule has 0 aliphatic carbocycles. The maximum absolute atomic E-state index is 12.8. The van der Waals surface area contributed by atoms with E-state index in [2.05, 4.69) is 107 Å². The van der Waals surface area contributed by atoms with Crippen LogP contribution in [0.5, 0.6) is 0 Å². The Morgan fingerprint density at radius 3 is 1.56 bits per heavy atom. The summed E-state index contributed by atoms with van der Waals surface area (Å²) in [6, 6.07) is 15.3. The van der Waals surface area contributed by atoms with E-state index in [1.165, 1.54) is 68.3 Å². The van der Waals surface area contributed by atoms with Gasteiger partial charge < -0.3 is 19.7 Å². The summed E-state index contributed by atoms with van der Waals surface area (Å²) >= 11 is 8.66. The van der Waals surface area contributed by atoms with Crippen molar-refractivity contribution in [2.24, 2.45) is 0 Å². The minimum atomic E-state index is -0.252. The van der Waals surface area contributed by atoms with E-state index in [1.807, 2.05) is 16.8 Å². The van der Waals surface area contributed by atoms with Crippen molar-refractivity contribution in [1.29, 1.82) is 0 Å². The molecule has 15 heteroatoms. The fraction of sp³-hybridized carbons (Fsp3) is 0.318. The molecule has 0 unspecified atom stereocenters. The predicted molar refractivity (Wildman–Crippen MR) is 240 cm³/mol. The monoisotopic (exact) mass is 852 g/mol. The Bertz CT molecular complexity index is 2330. The minimum Gasteiger partial charge on any atom is -0.379 e. The van der Waals surface area contributed by atoms with Gasteiger partial charge in [0.25, 0.3) is 11.8 Å². The molecule has 3 N–H and O–H groups in total. The molecule has 0 atom stereocenters. The molecule has 0 spiro atoms. The van der Waals surface area contributed by atoms with E-state index in [9.17, 15) is 9.59 Å². The molecule has 0 saturated carbocycles. The summed E-state index contributed by atoms with van der Waals surface area (Å²) in [6.45, 7) is 19.3. The first kappa shape index (κ1) is 43.5. The molecule has 2 aromatic carbocycles. The van der Waals surface area contributed by atoms with Crippen LogP contribution in [0.1, 0.15) is 54.1 Å². The Balaban J connectivity index is 0.000000176. The second-order valence-electron chi connectivity index (χ2n) is 14.3. The van der Waals surface area contributed by atoms with Gasteiger partial charge in [0.15, 0.2) is 10.3 Å². The summed E-state index contributed by atoms with van der Waals surface area (Å²) in [4.78, 5) is 44.6. The zero-order chi connectivity index (χ0) is 41.9. The molecule has 8 rings (SSSR count). The number of benzene rings is 2. The summed E-state index contributed by atoms with van der Waals surface area (Å²) in [6.07, 6.45) is 3.18. The molecular weight excluding hydrogens is 804 g/mol. The Labute approximate surface area is 358 Å². The van der Waals surface area contributed by atoms with E-state index in [4.69, 9.17) is 21.1 Å². The number of ether oxygens (including phenoxy) is 2. The van der Waals surface area contributed by atoms with Gasteiger partial charge in [-0.05, 0) is 88.1 Å². The number of hydrogen-bond donors (Lipinski definition) is 3. The highest BCUT2D eigenvalue weighted by atomic mass is 35.5. The number of amides is 2. The smallest absolute Gasteiger partial charge is 0.257 e. The van der Waals surface area contributed by atoms with E-state index >= 15 is 0 Å². The molecule has 4 aromatic heterocycles. The molecule has 0 radical (unpaired) electrons. The number of rotatable bonds is 7. The SMILES string of the molecule is C1COCCN1.Cc1cc(C)c(-c2csc(NC(=O)c3ccnc(Cl)c3)n2)c(C)c1.Cc1cc(C)c(-c2csc(NC(=O)c3ccnc(N4CCOCC4)c3)n2)c(C)c1. The van der Waals surface area contributed by atoms with Crippen LogP contribution in [-0.4, -0.2) is 84.4 Å². The lowest BCUT2D eigenvalue weighted by Crippen LogP contribution is -2.36. The molecular formula is C44H49ClN8O4S2. The van der Waals surface area contributed by atoms with E-state index in [0.717, 1.165) is 67.7 Å². The van der Waals surface area contributed by atoms with E-state index in [1.54, 1.807) is 18.3 Å². The molecule has 6 aromatic rings. The van der Waals surface area contributed by atoms with Gasteiger partial charge in [0, 0.05) is 71.6 Å². The number of nitrogens with zero attached hydrogens (tertiary/aromatic N) is 5. The number of pyridine rings is 2. The standard InChI is InChI=1S/C22H24N4O2S.C18H16ClN3OS.C4H9NO/c1-14-10-15(2)20(16(3)11-14)18-13-29-22(24-18)25-21(27)17-4-5-23-19(12-17)26-6-8-28-9-7-26;1-10-6-11(2)16(12(3)7-10)14-9-24-18(21-14)22-17(23)13-4-5-20-15(19)8-13;1-3-6-4-2-5-1/h4-5,10-13H,6-9H2,1-3H3,(H,24,25,27);4-9H,1-3H3,(H,21,22,23);5H,1-4H2. The quantitative estimate of drug-likeness (QED) is 0.133. The van der Waals surface area contributed by atoms with Gasteiger partial charge in [-0.3, -0.25) is 20.2 Å². The van der Waals surface area contributed by atoms with Gasteiger partial charge in [-0.25, -0.2) is 19.9 Å². The van der Waals surface area contributed by atoms with Crippen LogP contribution >= 0.6 is 34.3 Å². The number of halogens is 1. The van der Waals surface area contributed by atoms with Gasteiger partial charge in [-0.15, -0.1) is 22.7 Å². The maximum atomic E-state index is 12.8. The number of hydrogen-bond acceptors (Lipinski definition) is 12. The number of anilines is 3. The fourth-order valence-corrected chi connectivity index (χ4v) is 8.55. The van der Waals surface area contributed by atoms with Crippen molar-refractivity contribution >= 4 is 62.2 Å². The Morgan fingerprint density at radius 2 is 1.12 bits per heavy atom. The molecule has 59 heavy (non-hydrogen) atoms. The lowest BCUT2D eigenvalue weighted by atomic mass is 9.98. The van der Waals surface area contributed by atoms with Gasteiger partial charge >= 0.3 is 0 Å². The second kappa shape index (κ2) is 20.7. The minimum absolute atomic E-state index is 0.180. The van der Waals surface area contributed by atoms with Gasteiger partial charge in [-0.1, -0.05) is 47.0 Å². The van der Waals surface area contributed by atoms with Crippen molar-refractivity contribution in [2.75, 3.05) is 68.1 Å². The molecule has 2 saturated heterocycles. The summed E-state index contributed by atoms with van der Waals surface area (Å²) in [5, 5.41) is 14.3. The third-order valence-corrected chi connectivity index (χ3v) is 11.2. The Hall–Kier alpha value is -5.09. The van der Waals surface area contributed by atoms with Crippen LogP contribution in [-0.2, 0) is 9.47 Å². The summed E-state index contributed by atoms with van der Waals surface area (Å²) in [5.41, 5.74) is 12.2. The molecule has 308 valence electrons. The van der Waals surface area contributed by atoms with Gasteiger partial charge in [0.2, 0.25) is 0 Å². The lowest BCUT2D eigenvalue weighted by molar-refractivity contribution is 0.101. The normalized spacial score (nSPS) is 13.7. The third kappa shape index (κ3) is 12.0. The van der Waals surface area contributed by atoms with Crippen LogP contribution < -0.4 is 20.9 Å². The maximum Gasteiger partial charge on any atom is 0.257 e. The van der Waals surface area contributed by atoms with Crippen molar-refractivity contribution in [3.63, 3.8) is 0 Å². The second-order valence-corrected chi connectivity index (χ2v) is 16.4.